The first-order chi connectivity index (χ1) is 15.1. The summed E-state index contributed by atoms with van der Waals surface area (Å²) in [5, 5.41) is 0. The lowest BCUT2D eigenvalue weighted by Gasteiger charge is -2.33. The van der Waals surface area contributed by atoms with Gasteiger partial charge in [0.2, 0.25) is 11.8 Å². The normalized spacial score (nSPS) is 19.9. The second-order valence-corrected chi connectivity index (χ2v) is 8.50. The zero-order chi connectivity index (χ0) is 21.6. The van der Waals surface area contributed by atoms with Crippen LogP contribution in [0.1, 0.15) is 61.7 Å². The van der Waals surface area contributed by atoms with Crippen molar-refractivity contribution in [1.82, 2.24) is 14.8 Å². The van der Waals surface area contributed by atoms with Gasteiger partial charge in [-0.25, -0.2) is 4.98 Å². The van der Waals surface area contributed by atoms with Gasteiger partial charge in [0, 0.05) is 32.5 Å². The molecule has 0 aliphatic carbocycles. The fourth-order valence-corrected chi connectivity index (χ4v) is 4.45. The number of nitrogens with zero attached hydrogens (tertiary/aromatic N) is 3. The van der Waals surface area contributed by atoms with Gasteiger partial charge in [0.15, 0.2) is 5.89 Å². The molecular weight excluding hydrogens is 394 g/mol. The Labute approximate surface area is 183 Å². The van der Waals surface area contributed by atoms with E-state index in [9.17, 15) is 9.59 Å². The van der Waals surface area contributed by atoms with Gasteiger partial charge in [-0.1, -0.05) is 18.6 Å². The maximum Gasteiger partial charge on any atom is 0.242 e. The van der Waals surface area contributed by atoms with Crippen LogP contribution in [0.5, 0.6) is 5.75 Å². The molecule has 0 bridgehead atoms. The molecule has 31 heavy (non-hydrogen) atoms. The summed E-state index contributed by atoms with van der Waals surface area (Å²) in [6, 6.07) is 7.91. The molecule has 0 N–H and O–H groups in total. The SMILES string of the molecule is COc1cccc(Cc2cnc([C@H]3CCCN(C(=O)CN4CCCCCC4=O)C3)o2)c1. The summed E-state index contributed by atoms with van der Waals surface area (Å²) < 4.78 is 11.3. The van der Waals surface area contributed by atoms with E-state index in [1.54, 1.807) is 18.2 Å². The van der Waals surface area contributed by atoms with Crippen LogP contribution in [0.15, 0.2) is 34.9 Å². The van der Waals surface area contributed by atoms with Gasteiger partial charge in [0.05, 0.1) is 25.8 Å². The fraction of sp³-hybridized carbons (Fsp3) is 0.542. The molecule has 2 aromatic rings. The lowest BCUT2D eigenvalue weighted by molar-refractivity contribution is -0.141. The zero-order valence-electron chi connectivity index (χ0n) is 18.2. The van der Waals surface area contributed by atoms with Gasteiger partial charge in [-0.05, 0) is 43.4 Å². The first-order valence-corrected chi connectivity index (χ1v) is 11.3. The molecular formula is C24H31N3O4. The molecule has 3 heterocycles. The summed E-state index contributed by atoms with van der Waals surface area (Å²) in [6.45, 7) is 2.21. The van der Waals surface area contributed by atoms with Crippen molar-refractivity contribution < 1.29 is 18.7 Å². The van der Waals surface area contributed by atoms with Crippen LogP contribution in [0.25, 0.3) is 0 Å². The third kappa shape index (κ3) is 5.46. The number of piperidine rings is 1. The molecule has 2 aliphatic rings. The highest BCUT2D eigenvalue weighted by Gasteiger charge is 2.29. The summed E-state index contributed by atoms with van der Waals surface area (Å²) in [7, 11) is 1.66. The molecule has 7 heteroatoms. The molecule has 4 rings (SSSR count). The number of aromatic nitrogens is 1. The number of carbonyl (C=O) groups is 2. The molecule has 1 atom stereocenters. The Morgan fingerprint density at radius 2 is 2.13 bits per heavy atom. The third-order valence-corrected chi connectivity index (χ3v) is 6.20. The largest absolute Gasteiger partial charge is 0.497 e. The first kappa shape index (κ1) is 21.4. The van der Waals surface area contributed by atoms with Gasteiger partial charge in [0.1, 0.15) is 11.5 Å². The minimum Gasteiger partial charge on any atom is -0.497 e. The van der Waals surface area contributed by atoms with Gasteiger partial charge in [-0.2, -0.15) is 0 Å². The predicted octanol–water partition coefficient (Wildman–Crippen LogP) is 3.38. The van der Waals surface area contributed by atoms with E-state index in [1.165, 1.54) is 0 Å². The molecule has 166 valence electrons. The first-order valence-electron chi connectivity index (χ1n) is 11.3. The third-order valence-electron chi connectivity index (χ3n) is 6.20. The Morgan fingerprint density at radius 3 is 3.00 bits per heavy atom. The van der Waals surface area contributed by atoms with Crippen molar-refractivity contribution in [3.05, 3.63) is 47.7 Å². The number of oxazole rings is 1. The van der Waals surface area contributed by atoms with Crippen molar-refractivity contribution in [2.24, 2.45) is 0 Å². The number of rotatable bonds is 6. The quantitative estimate of drug-likeness (QED) is 0.709. The molecule has 2 aliphatic heterocycles. The highest BCUT2D eigenvalue weighted by atomic mass is 16.5. The molecule has 7 nitrogen and oxygen atoms in total. The minimum absolute atomic E-state index is 0.0307. The van der Waals surface area contributed by atoms with Crippen LogP contribution >= 0.6 is 0 Å². The van der Waals surface area contributed by atoms with E-state index in [4.69, 9.17) is 9.15 Å². The van der Waals surface area contributed by atoms with Crippen molar-refractivity contribution in [1.29, 1.82) is 0 Å². The average molecular weight is 426 g/mol. The minimum atomic E-state index is 0.0307. The Morgan fingerprint density at radius 1 is 1.23 bits per heavy atom. The van der Waals surface area contributed by atoms with Crippen molar-refractivity contribution in [2.75, 3.05) is 33.3 Å². The topological polar surface area (TPSA) is 75.9 Å². The number of hydrogen-bond acceptors (Lipinski definition) is 5. The molecule has 0 spiro atoms. The average Bonchev–Trinajstić information content (AvgIpc) is 3.17. The molecule has 1 aromatic carbocycles. The van der Waals surface area contributed by atoms with Crippen LogP contribution in [-0.4, -0.2) is 59.9 Å². The van der Waals surface area contributed by atoms with Crippen molar-refractivity contribution in [2.45, 2.75) is 50.9 Å². The monoisotopic (exact) mass is 425 g/mol. The maximum absolute atomic E-state index is 12.9. The van der Waals surface area contributed by atoms with Crippen molar-refractivity contribution in [3.8, 4) is 5.75 Å². The summed E-state index contributed by atoms with van der Waals surface area (Å²) in [6.07, 6.45) is 7.82. The number of amides is 2. The van der Waals surface area contributed by atoms with Crippen LogP contribution in [-0.2, 0) is 16.0 Å². The Hall–Kier alpha value is -2.83. The predicted molar refractivity (Wildman–Crippen MR) is 116 cm³/mol. The molecule has 2 fully saturated rings. The van der Waals surface area contributed by atoms with Crippen LogP contribution in [0.4, 0.5) is 0 Å². The van der Waals surface area contributed by atoms with E-state index < -0.39 is 0 Å². The molecule has 0 radical (unpaired) electrons. The van der Waals surface area contributed by atoms with E-state index >= 15 is 0 Å². The summed E-state index contributed by atoms with van der Waals surface area (Å²) in [4.78, 5) is 33.2. The fourth-order valence-electron chi connectivity index (χ4n) is 4.45. The lowest BCUT2D eigenvalue weighted by atomic mass is 9.98. The molecule has 0 saturated carbocycles. The number of ether oxygens (including phenoxy) is 1. The number of carbonyl (C=O) groups excluding carboxylic acids is 2. The van der Waals surface area contributed by atoms with Gasteiger partial charge in [0.25, 0.3) is 0 Å². The van der Waals surface area contributed by atoms with Gasteiger partial charge < -0.3 is 19.0 Å². The van der Waals surface area contributed by atoms with E-state index in [1.807, 2.05) is 29.2 Å². The van der Waals surface area contributed by atoms with Crippen LogP contribution in [0.3, 0.4) is 0 Å². The van der Waals surface area contributed by atoms with Crippen LogP contribution < -0.4 is 4.74 Å². The zero-order valence-corrected chi connectivity index (χ0v) is 18.2. The lowest BCUT2D eigenvalue weighted by Crippen LogP contribution is -2.46. The smallest absolute Gasteiger partial charge is 0.242 e. The Kier molecular flexibility index (Phi) is 6.89. The number of likely N-dealkylation sites (tertiary alicyclic amines) is 2. The number of hydrogen-bond donors (Lipinski definition) is 0. The Bertz CT molecular complexity index is 910. The molecule has 2 saturated heterocycles. The van der Waals surface area contributed by atoms with Gasteiger partial charge in [-0.3, -0.25) is 9.59 Å². The highest BCUT2D eigenvalue weighted by molar-refractivity contribution is 5.85. The van der Waals surface area contributed by atoms with E-state index in [2.05, 4.69) is 4.98 Å². The van der Waals surface area contributed by atoms with Crippen LogP contribution in [0, 0.1) is 0 Å². The van der Waals surface area contributed by atoms with Gasteiger partial charge >= 0.3 is 0 Å². The standard InChI is InChI=1S/C24H31N3O4/c1-30-20-9-5-7-18(13-20)14-21-15-25-24(31-21)19-8-6-12-26(16-19)23(29)17-27-11-4-2-3-10-22(27)28/h5,7,9,13,15,19H,2-4,6,8,10-12,14,16-17H2,1H3/t19-/m0/s1. The van der Waals surface area contributed by atoms with Crippen molar-refractivity contribution in [3.63, 3.8) is 0 Å². The molecule has 1 aromatic heterocycles. The van der Waals surface area contributed by atoms with E-state index in [0.717, 1.165) is 55.7 Å². The van der Waals surface area contributed by atoms with E-state index in [-0.39, 0.29) is 24.3 Å². The van der Waals surface area contributed by atoms with Crippen molar-refractivity contribution >= 4 is 11.8 Å². The van der Waals surface area contributed by atoms with Crippen LogP contribution in [0.2, 0.25) is 0 Å². The molecule has 2 amide bonds. The Balaban J connectivity index is 1.36. The highest BCUT2D eigenvalue weighted by Crippen LogP contribution is 2.28. The van der Waals surface area contributed by atoms with E-state index in [0.29, 0.717) is 31.8 Å². The van der Waals surface area contributed by atoms with Gasteiger partial charge in [-0.15, -0.1) is 0 Å². The second-order valence-electron chi connectivity index (χ2n) is 8.50. The number of methoxy groups -OCH3 is 1. The molecule has 0 unspecified atom stereocenters. The summed E-state index contributed by atoms with van der Waals surface area (Å²) >= 11 is 0. The summed E-state index contributed by atoms with van der Waals surface area (Å²) in [5.74, 6) is 2.55. The maximum atomic E-state index is 12.9. The summed E-state index contributed by atoms with van der Waals surface area (Å²) in [5.41, 5.74) is 1.10. The number of benzene rings is 1. The second kappa shape index (κ2) is 9.98.